The molecule has 2 heterocycles. The monoisotopic (exact) mass is 474 g/mol. The lowest BCUT2D eigenvalue weighted by molar-refractivity contribution is 0.0391. The van der Waals surface area contributed by atoms with E-state index in [1.165, 1.54) is 10.8 Å². The molecule has 0 saturated carbocycles. The average Bonchev–Trinajstić information content (AvgIpc) is 2.80. The topological polar surface area (TPSA) is 52.4 Å². The minimum atomic E-state index is 0.0567. The van der Waals surface area contributed by atoms with Crippen molar-refractivity contribution in [1.82, 2.24) is 9.88 Å². The zero-order chi connectivity index (χ0) is 21.8. The molecule has 0 unspecified atom stereocenters. The maximum atomic E-state index is 9.33. The molecule has 0 N–H and O–H groups in total. The molecular weight excluding hydrogens is 455 g/mol. The van der Waals surface area contributed by atoms with Crippen LogP contribution in [0.2, 0.25) is 15.2 Å². The number of pyridine rings is 1. The number of rotatable bonds is 6. The molecule has 1 aliphatic heterocycles. The van der Waals surface area contributed by atoms with Crippen LogP contribution in [0.5, 0.6) is 0 Å². The molecule has 1 fully saturated rings. The summed E-state index contributed by atoms with van der Waals surface area (Å²) in [6, 6.07) is 16.5. The number of nitriles is 1. The van der Waals surface area contributed by atoms with E-state index < -0.39 is 0 Å². The van der Waals surface area contributed by atoms with E-state index in [-0.39, 0.29) is 20.8 Å². The lowest BCUT2D eigenvalue weighted by Gasteiger charge is -2.31. The third kappa shape index (κ3) is 4.90. The number of ether oxygens (including phenoxy) is 1. The lowest BCUT2D eigenvalue weighted by Crippen LogP contribution is -2.41. The summed E-state index contributed by atoms with van der Waals surface area (Å²) in [7, 11) is 0. The van der Waals surface area contributed by atoms with Crippen LogP contribution in [0.15, 0.2) is 42.5 Å². The number of nitrogens with zero attached hydrogens (tertiary/aromatic N) is 4. The van der Waals surface area contributed by atoms with E-state index in [0.29, 0.717) is 18.9 Å². The fourth-order valence-corrected chi connectivity index (χ4v) is 4.52. The second-order valence-corrected chi connectivity index (χ2v) is 8.47. The van der Waals surface area contributed by atoms with Gasteiger partial charge in [-0.1, -0.05) is 77.3 Å². The van der Waals surface area contributed by atoms with Gasteiger partial charge in [0.15, 0.2) is 11.0 Å². The Hall–Kier alpha value is -2.07. The molecule has 1 aliphatic rings. The second-order valence-electron chi connectivity index (χ2n) is 7.35. The van der Waals surface area contributed by atoms with Gasteiger partial charge in [0, 0.05) is 32.7 Å². The van der Waals surface area contributed by atoms with E-state index in [9.17, 15) is 5.26 Å². The van der Waals surface area contributed by atoms with Crippen LogP contribution in [0.25, 0.3) is 10.8 Å². The third-order valence-electron chi connectivity index (χ3n) is 5.46. The Morgan fingerprint density at radius 1 is 1.03 bits per heavy atom. The smallest absolute Gasteiger partial charge is 0.151 e. The first-order chi connectivity index (χ1) is 15.1. The van der Waals surface area contributed by atoms with Crippen molar-refractivity contribution in [2.24, 2.45) is 0 Å². The maximum absolute atomic E-state index is 9.33. The first-order valence-electron chi connectivity index (χ1n) is 10.0. The molecule has 0 amide bonds. The van der Waals surface area contributed by atoms with Gasteiger partial charge in [-0.25, -0.2) is 4.98 Å². The Balaban J connectivity index is 1.70. The van der Waals surface area contributed by atoms with Gasteiger partial charge in [-0.2, -0.15) is 5.26 Å². The van der Waals surface area contributed by atoms with Crippen LogP contribution in [0.1, 0.15) is 11.1 Å². The van der Waals surface area contributed by atoms with Crippen LogP contribution in [0.3, 0.4) is 0 Å². The standard InChI is InChI=1S/C23H21Cl3N4O/c24-20-19(14-27)22(26)28-23(21(20)25)30(9-8-29-10-12-31-13-11-29)15-17-6-3-5-16-4-1-2-7-18(16)17/h1-7H,8-13,15H2. The SMILES string of the molecule is N#Cc1c(Cl)nc(N(CCN2CCOCC2)Cc2cccc3ccccc23)c(Cl)c1Cl. The van der Waals surface area contributed by atoms with Crippen molar-refractivity contribution in [3.05, 3.63) is 68.8 Å². The van der Waals surface area contributed by atoms with Crippen LogP contribution in [0, 0.1) is 11.3 Å². The zero-order valence-electron chi connectivity index (χ0n) is 16.8. The Kier molecular flexibility index (Phi) is 7.16. The summed E-state index contributed by atoms with van der Waals surface area (Å²) < 4.78 is 5.46. The van der Waals surface area contributed by atoms with E-state index in [2.05, 4.69) is 39.0 Å². The Labute approximate surface area is 196 Å². The van der Waals surface area contributed by atoms with Crippen LogP contribution in [-0.4, -0.2) is 49.3 Å². The van der Waals surface area contributed by atoms with Crippen molar-refractivity contribution in [2.75, 3.05) is 44.3 Å². The number of hydrogen-bond donors (Lipinski definition) is 0. The summed E-state index contributed by atoms with van der Waals surface area (Å²) in [5.74, 6) is 0.483. The number of hydrogen-bond acceptors (Lipinski definition) is 5. The molecular formula is C23H21Cl3N4O. The molecule has 2 aromatic carbocycles. The van der Waals surface area contributed by atoms with Gasteiger partial charge in [0.2, 0.25) is 0 Å². The summed E-state index contributed by atoms with van der Waals surface area (Å²) in [6.45, 7) is 5.32. The number of morpholine rings is 1. The summed E-state index contributed by atoms with van der Waals surface area (Å²) in [5.41, 5.74) is 1.24. The Bertz CT molecular complexity index is 1120. The number of anilines is 1. The molecule has 0 spiro atoms. The van der Waals surface area contributed by atoms with Crippen LogP contribution in [-0.2, 0) is 11.3 Å². The maximum Gasteiger partial charge on any atom is 0.151 e. The van der Waals surface area contributed by atoms with Crippen molar-refractivity contribution in [1.29, 1.82) is 5.26 Å². The minimum absolute atomic E-state index is 0.0567. The highest BCUT2D eigenvalue weighted by atomic mass is 35.5. The highest BCUT2D eigenvalue weighted by molar-refractivity contribution is 6.45. The molecule has 0 atom stereocenters. The fraction of sp³-hybridized carbons (Fsp3) is 0.304. The summed E-state index contributed by atoms with van der Waals surface area (Å²) in [6.07, 6.45) is 0. The largest absolute Gasteiger partial charge is 0.379 e. The fourth-order valence-electron chi connectivity index (χ4n) is 3.78. The zero-order valence-corrected chi connectivity index (χ0v) is 19.1. The van der Waals surface area contributed by atoms with Crippen LogP contribution in [0.4, 0.5) is 5.82 Å². The molecule has 0 aliphatic carbocycles. The lowest BCUT2D eigenvalue weighted by atomic mass is 10.0. The van der Waals surface area contributed by atoms with Crippen molar-refractivity contribution in [3.63, 3.8) is 0 Å². The predicted octanol–water partition coefficient (Wildman–Crippen LogP) is 5.41. The van der Waals surface area contributed by atoms with E-state index in [1.54, 1.807) is 0 Å². The second kappa shape index (κ2) is 10.0. The first kappa shape index (κ1) is 22.1. The number of fused-ring (bicyclic) bond motifs is 1. The van der Waals surface area contributed by atoms with E-state index in [0.717, 1.165) is 38.4 Å². The summed E-state index contributed by atoms with van der Waals surface area (Å²) in [4.78, 5) is 8.88. The van der Waals surface area contributed by atoms with E-state index in [1.807, 2.05) is 24.3 Å². The predicted molar refractivity (Wildman–Crippen MR) is 126 cm³/mol. The van der Waals surface area contributed by atoms with Crippen molar-refractivity contribution in [3.8, 4) is 6.07 Å². The van der Waals surface area contributed by atoms with Crippen LogP contribution >= 0.6 is 34.8 Å². The quantitative estimate of drug-likeness (QED) is 0.446. The van der Waals surface area contributed by atoms with Gasteiger partial charge in [0.25, 0.3) is 0 Å². The highest BCUT2D eigenvalue weighted by Gasteiger charge is 2.22. The van der Waals surface area contributed by atoms with Gasteiger partial charge in [-0.3, -0.25) is 4.90 Å². The van der Waals surface area contributed by atoms with Gasteiger partial charge in [-0.15, -0.1) is 0 Å². The number of aromatic nitrogens is 1. The molecule has 31 heavy (non-hydrogen) atoms. The summed E-state index contributed by atoms with van der Waals surface area (Å²) >= 11 is 19.2. The van der Waals surface area contributed by atoms with E-state index >= 15 is 0 Å². The first-order valence-corrected chi connectivity index (χ1v) is 11.2. The molecule has 1 aromatic heterocycles. The summed E-state index contributed by atoms with van der Waals surface area (Å²) in [5, 5.41) is 12.1. The molecule has 4 rings (SSSR count). The minimum Gasteiger partial charge on any atom is -0.379 e. The number of benzene rings is 2. The van der Waals surface area contributed by atoms with Gasteiger partial charge in [0.1, 0.15) is 16.7 Å². The molecule has 5 nitrogen and oxygen atoms in total. The molecule has 0 radical (unpaired) electrons. The Morgan fingerprint density at radius 3 is 2.55 bits per heavy atom. The molecule has 0 bridgehead atoms. The molecule has 8 heteroatoms. The van der Waals surface area contributed by atoms with Gasteiger partial charge in [-0.05, 0) is 16.3 Å². The average molecular weight is 476 g/mol. The van der Waals surface area contributed by atoms with Gasteiger partial charge < -0.3 is 9.64 Å². The molecule has 160 valence electrons. The van der Waals surface area contributed by atoms with Gasteiger partial charge >= 0.3 is 0 Å². The van der Waals surface area contributed by atoms with Gasteiger partial charge in [0.05, 0.1) is 18.2 Å². The normalized spacial score (nSPS) is 14.5. The third-order valence-corrected chi connectivity index (χ3v) is 6.57. The van der Waals surface area contributed by atoms with Crippen LogP contribution < -0.4 is 4.90 Å². The van der Waals surface area contributed by atoms with Crippen molar-refractivity contribution >= 4 is 51.4 Å². The van der Waals surface area contributed by atoms with E-state index in [4.69, 9.17) is 39.5 Å². The highest BCUT2D eigenvalue weighted by Crippen LogP contribution is 2.37. The molecule has 1 saturated heterocycles. The van der Waals surface area contributed by atoms with Crippen molar-refractivity contribution < 1.29 is 4.74 Å². The van der Waals surface area contributed by atoms with Crippen molar-refractivity contribution in [2.45, 2.75) is 6.54 Å². The molecule has 3 aromatic rings. The number of halogens is 3. The Morgan fingerprint density at radius 2 is 1.77 bits per heavy atom.